The first-order valence-electron chi connectivity index (χ1n) is 6.66. The van der Waals surface area contributed by atoms with Crippen molar-refractivity contribution in [2.45, 2.75) is 36.5 Å². The molecule has 3 rings (SSSR count). The minimum atomic E-state index is 0.206. The highest BCUT2D eigenvalue weighted by Gasteiger charge is 2.24. The molecule has 1 aliphatic carbocycles. The van der Waals surface area contributed by atoms with Crippen LogP contribution in [0.1, 0.15) is 19.3 Å². The zero-order chi connectivity index (χ0) is 13.1. The van der Waals surface area contributed by atoms with E-state index in [9.17, 15) is 5.11 Å². The van der Waals surface area contributed by atoms with Crippen LogP contribution in [0.25, 0.3) is 5.65 Å². The molecule has 0 spiro atoms. The minimum absolute atomic E-state index is 0.206. The highest BCUT2D eigenvalue weighted by atomic mass is 32.2. The van der Waals surface area contributed by atoms with E-state index in [1.807, 2.05) is 28.8 Å². The topological polar surface area (TPSA) is 62.5 Å². The standard InChI is InChI=1S/C13H18N4OS/c18-9-11(14-10-4-5-10)6-8-19-13-16-15-12-3-1-2-7-17(12)13/h1-3,7,10-11,14,18H,4-6,8-9H2. The molecule has 1 unspecified atom stereocenters. The normalized spacial score (nSPS) is 16.9. The zero-order valence-electron chi connectivity index (χ0n) is 10.7. The van der Waals surface area contributed by atoms with Gasteiger partial charge in [0.1, 0.15) is 0 Å². The quantitative estimate of drug-likeness (QED) is 0.748. The second-order valence-corrected chi connectivity index (χ2v) is 5.93. The third kappa shape index (κ3) is 3.26. The maximum Gasteiger partial charge on any atom is 0.195 e. The van der Waals surface area contributed by atoms with Crippen molar-refractivity contribution in [2.75, 3.05) is 12.4 Å². The number of aliphatic hydroxyl groups excluding tert-OH is 1. The Morgan fingerprint density at radius 1 is 1.42 bits per heavy atom. The van der Waals surface area contributed by atoms with Gasteiger partial charge < -0.3 is 10.4 Å². The van der Waals surface area contributed by atoms with Crippen molar-refractivity contribution in [1.82, 2.24) is 19.9 Å². The first-order valence-corrected chi connectivity index (χ1v) is 7.65. The molecule has 0 aromatic carbocycles. The number of nitrogens with one attached hydrogen (secondary N) is 1. The van der Waals surface area contributed by atoms with Gasteiger partial charge in [-0.25, -0.2) is 0 Å². The lowest BCUT2D eigenvalue weighted by Crippen LogP contribution is -2.34. The summed E-state index contributed by atoms with van der Waals surface area (Å²) in [6.45, 7) is 0.206. The Morgan fingerprint density at radius 3 is 3.11 bits per heavy atom. The molecule has 6 heteroatoms. The van der Waals surface area contributed by atoms with Crippen LogP contribution in [0.3, 0.4) is 0 Å². The van der Waals surface area contributed by atoms with Gasteiger partial charge in [0.15, 0.2) is 10.8 Å². The summed E-state index contributed by atoms with van der Waals surface area (Å²) in [5.41, 5.74) is 0.875. The highest BCUT2D eigenvalue weighted by molar-refractivity contribution is 7.99. The maximum absolute atomic E-state index is 9.33. The Hall–Kier alpha value is -1.11. The number of rotatable bonds is 7. The molecule has 2 N–H and O–H groups in total. The summed E-state index contributed by atoms with van der Waals surface area (Å²) in [6, 6.07) is 6.73. The molecular weight excluding hydrogens is 260 g/mol. The summed E-state index contributed by atoms with van der Waals surface area (Å²) >= 11 is 1.69. The van der Waals surface area contributed by atoms with E-state index in [1.165, 1.54) is 12.8 Å². The molecule has 2 heterocycles. The smallest absolute Gasteiger partial charge is 0.195 e. The Balaban J connectivity index is 1.53. The minimum Gasteiger partial charge on any atom is -0.395 e. The number of hydrogen-bond donors (Lipinski definition) is 2. The van der Waals surface area contributed by atoms with Crippen LogP contribution in [0.15, 0.2) is 29.6 Å². The number of fused-ring (bicyclic) bond motifs is 1. The van der Waals surface area contributed by atoms with Crippen LogP contribution in [0, 0.1) is 0 Å². The highest BCUT2D eigenvalue weighted by Crippen LogP contribution is 2.22. The van der Waals surface area contributed by atoms with Crippen molar-refractivity contribution >= 4 is 17.4 Å². The van der Waals surface area contributed by atoms with Crippen LogP contribution >= 0.6 is 11.8 Å². The molecule has 1 saturated carbocycles. The Morgan fingerprint density at radius 2 is 2.32 bits per heavy atom. The molecule has 0 saturated heterocycles. The van der Waals surface area contributed by atoms with Crippen molar-refractivity contribution in [3.63, 3.8) is 0 Å². The fourth-order valence-electron chi connectivity index (χ4n) is 2.02. The van der Waals surface area contributed by atoms with Gasteiger partial charge in [0.2, 0.25) is 0 Å². The van der Waals surface area contributed by atoms with Crippen LogP contribution in [-0.2, 0) is 0 Å². The lowest BCUT2D eigenvalue weighted by Gasteiger charge is -2.14. The Kier molecular flexibility index (Phi) is 4.00. The number of nitrogens with zero attached hydrogens (tertiary/aromatic N) is 3. The molecule has 2 aromatic heterocycles. The fourth-order valence-corrected chi connectivity index (χ4v) is 3.00. The first kappa shape index (κ1) is 12.9. The lowest BCUT2D eigenvalue weighted by molar-refractivity contribution is 0.238. The van der Waals surface area contributed by atoms with E-state index in [1.54, 1.807) is 11.8 Å². The summed E-state index contributed by atoms with van der Waals surface area (Å²) in [5, 5.41) is 22.0. The molecule has 0 radical (unpaired) electrons. The van der Waals surface area contributed by atoms with Gasteiger partial charge in [-0.1, -0.05) is 17.8 Å². The average Bonchev–Trinajstić information content (AvgIpc) is 3.17. The molecule has 5 nitrogen and oxygen atoms in total. The van der Waals surface area contributed by atoms with E-state index >= 15 is 0 Å². The number of pyridine rings is 1. The third-order valence-electron chi connectivity index (χ3n) is 3.25. The van der Waals surface area contributed by atoms with Crippen LogP contribution in [0.2, 0.25) is 0 Å². The van der Waals surface area contributed by atoms with Crippen LogP contribution in [-0.4, -0.2) is 44.1 Å². The number of aliphatic hydroxyl groups is 1. The second-order valence-electron chi connectivity index (χ2n) is 4.87. The molecule has 0 bridgehead atoms. The van der Waals surface area contributed by atoms with Crippen LogP contribution in [0.5, 0.6) is 0 Å². The van der Waals surface area contributed by atoms with E-state index in [0.717, 1.165) is 23.0 Å². The summed E-state index contributed by atoms with van der Waals surface area (Å²) in [5.74, 6) is 0.931. The molecule has 1 atom stereocenters. The summed E-state index contributed by atoms with van der Waals surface area (Å²) in [7, 11) is 0. The predicted octanol–water partition coefficient (Wildman–Crippen LogP) is 1.32. The summed E-state index contributed by atoms with van der Waals surface area (Å²) in [6.07, 6.45) is 5.42. The monoisotopic (exact) mass is 278 g/mol. The second kappa shape index (κ2) is 5.90. The van der Waals surface area contributed by atoms with E-state index in [-0.39, 0.29) is 12.6 Å². The van der Waals surface area contributed by atoms with E-state index in [0.29, 0.717) is 6.04 Å². The van der Waals surface area contributed by atoms with Gasteiger partial charge >= 0.3 is 0 Å². The van der Waals surface area contributed by atoms with Crippen molar-refractivity contribution < 1.29 is 5.11 Å². The molecule has 102 valence electrons. The van der Waals surface area contributed by atoms with E-state index in [4.69, 9.17) is 0 Å². The zero-order valence-corrected chi connectivity index (χ0v) is 11.5. The fraction of sp³-hybridized carbons (Fsp3) is 0.538. The molecule has 1 fully saturated rings. The van der Waals surface area contributed by atoms with Crippen LogP contribution in [0.4, 0.5) is 0 Å². The summed E-state index contributed by atoms with van der Waals surface area (Å²) in [4.78, 5) is 0. The first-order chi connectivity index (χ1) is 9.36. The third-order valence-corrected chi connectivity index (χ3v) is 4.23. The SMILES string of the molecule is OCC(CCSc1nnc2ccccn12)NC1CC1. The van der Waals surface area contributed by atoms with Crippen molar-refractivity contribution in [3.8, 4) is 0 Å². The van der Waals surface area contributed by atoms with Crippen molar-refractivity contribution in [2.24, 2.45) is 0 Å². The molecule has 19 heavy (non-hydrogen) atoms. The molecule has 1 aliphatic rings. The Bertz CT molecular complexity index is 540. The van der Waals surface area contributed by atoms with Gasteiger partial charge in [-0.15, -0.1) is 10.2 Å². The molecule has 0 aliphatic heterocycles. The van der Waals surface area contributed by atoms with Gasteiger partial charge in [-0.3, -0.25) is 4.40 Å². The molecule has 0 amide bonds. The van der Waals surface area contributed by atoms with E-state index < -0.39 is 0 Å². The molecule has 2 aromatic rings. The molecular formula is C13H18N4OS. The number of thioether (sulfide) groups is 1. The predicted molar refractivity (Wildman–Crippen MR) is 75.4 cm³/mol. The van der Waals surface area contributed by atoms with E-state index in [2.05, 4.69) is 15.5 Å². The van der Waals surface area contributed by atoms with Crippen molar-refractivity contribution in [3.05, 3.63) is 24.4 Å². The van der Waals surface area contributed by atoms with Gasteiger partial charge in [0.05, 0.1) is 6.61 Å². The van der Waals surface area contributed by atoms with Gasteiger partial charge in [0, 0.05) is 24.0 Å². The lowest BCUT2D eigenvalue weighted by atomic mass is 10.2. The van der Waals surface area contributed by atoms with Gasteiger partial charge in [-0.05, 0) is 31.4 Å². The number of hydrogen-bond acceptors (Lipinski definition) is 5. The Labute approximate surface area is 116 Å². The number of aromatic nitrogens is 3. The average molecular weight is 278 g/mol. The largest absolute Gasteiger partial charge is 0.395 e. The van der Waals surface area contributed by atoms with Crippen molar-refractivity contribution in [1.29, 1.82) is 0 Å². The maximum atomic E-state index is 9.33. The van der Waals surface area contributed by atoms with Gasteiger partial charge in [0.25, 0.3) is 0 Å². The van der Waals surface area contributed by atoms with Crippen LogP contribution < -0.4 is 5.32 Å². The summed E-state index contributed by atoms with van der Waals surface area (Å²) < 4.78 is 1.99. The van der Waals surface area contributed by atoms with Gasteiger partial charge in [-0.2, -0.15) is 0 Å².